The van der Waals surface area contributed by atoms with Crippen molar-refractivity contribution in [2.45, 2.75) is 13.8 Å². The number of nitrogens with zero attached hydrogens (tertiary/aromatic N) is 2. The summed E-state index contributed by atoms with van der Waals surface area (Å²) in [4.78, 5) is 20.9. The predicted octanol–water partition coefficient (Wildman–Crippen LogP) is 3.99. The van der Waals surface area contributed by atoms with Gasteiger partial charge in [-0.05, 0) is 63.9 Å². The van der Waals surface area contributed by atoms with E-state index in [1.165, 1.54) is 0 Å². The standard InChI is InChI=1S/C14H14Br2N4O/c1-3-17-13-10(6-9(15)7-18-13)14(21)20-12-5-4-11(16)8(2)19-12/h4-7H,3H2,1-2H3,(H,17,18)(H,19,20,21). The van der Waals surface area contributed by atoms with Crippen LogP contribution in [0.25, 0.3) is 0 Å². The van der Waals surface area contributed by atoms with Gasteiger partial charge in [0.25, 0.3) is 5.91 Å². The van der Waals surface area contributed by atoms with Crippen molar-refractivity contribution in [3.63, 3.8) is 0 Å². The average molecular weight is 414 g/mol. The summed E-state index contributed by atoms with van der Waals surface area (Å²) in [7, 11) is 0. The third kappa shape index (κ3) is 4.01. The maximum absolute atomic E-state index is 12.4. The Kier molecular flexibility index (Phi) is 5.30. The van der Waals surface area contributed by atoms with Crippen LogP contribution in [0.15, 0.2) is 33.3 Å². The van der Waals surface area contributed by atoms with Gasteiger partial charge in [-0.2, -0.15) is 0 Å². The zero-order chi connectivity index (χ0) is 15.4. The second-order valence-electron chi connectivity index (χ2n) is 4.30. The van der Waals surface area contributed by atoms with E-state index in [1.807, 2.05) is 19.9 Å². The molecule has 0 atom stereocenters. The van der Waals surface area contributed by atoms with Gasteiger partial charge in [-0.3, -0.25) is 4.79 Å². The Morgan fingerprint density at radius 3 is 2.76 bits per heavy atom. The van der Waals surface area contributed by atoms with Gasteiger partial charge in [0.15, 0.2) is 0 Å². The van der Waals surface area contributed by atoms with Crippen LogP contribution in [-0.4, -0.2) is 22.4 Å². The Hall–Kier alpha value is -1.47. The summed E-state index contributed by atoms with van der Waals surface area (Å²) in [6.45, 7) is 4.50. The van der Waals surface area contributed by atoms with Gasteiger partial charge in [-0.1, -0.05) is 0 Å². The number of aromatic nitrogens is 2. The van der Waals surface area contributed by atoms with Crippen LogP contribution in [0.4, 0.5) is 11.6 Å². The van der Waals surface area contributed by atoms with Crippen LogP contribution in [0.1, 0.15) is 23.0 Å². The van der Waals surface area contributed by atoms with Crippen molar-refractivity contribution in [1.82, 2.24) is 9.97 Å². The number of halogens is 2. The fourth-order valence-electron chi connectivity index (χ4n) is 1.72. The van der Waals surface area contributed by atoms with Crippen LogP contribution < -0.4 is 10.6 Å². The molecule has 2 N–H and O–H groups in total. The fourth-order valence-corrected chi connectivity index (χ4v) is 2.27. The fraction of sp³-hybridized carbons (Fsp3) is 0.214. The lowest BCUT2D eigenvalue weighted by Crippen LogP contribution is -2.16. The van der Waals surface area contributed by atoms with Crippen molar-refractivity contribution >= 4 is 49.4 Å². The van der Waals surface area contributed by atoms with Gasteiger partial charge in [-0.25, -0.2) is 9.97 Å². The lowest BCUT2D eigenvalue weighted by molar-refractivity contribution is 0.102. The number of aryl methyl sites for hydroxylation is 1. The van der Waals surface area contributed by atoms with E-state index in [9.17, 15) is 4.79 Å². The molecule has 0 saturated heterocycles. The number of hydrogen-bond acceptors (Lipinski definition) is 4. The van der Waals surface area contributed by atoms with E-state index in [-0.39, 0.29) is 5.91 Å². The second-order valence-corrected chi connectivity index (χ2v) is 6.07. The molecular weight excluding hydrogens is 400 g/mol. The maximum Gasteiger partial charge on any atom is 0.260 e. The Labute approximate surface area is 139 Å². The molecule has 1 amide bonds. The molecule has 7 heteroatoms. The van der Waals surface area contributed by atoms with Gasteiger partial charge in [0.1, 0.15) is 11.6 Å². The molecular formula is C14H14Br2N4O. The number of carbonyl (C=O) groups is 1. The predicted molar refractivity (Wildman–Crippen MR) is 90.7 cm³/mol. The highest BCUT2D eigenvalue weighted by atomic mass is 79.9. The number of amides is 1. The van der Waals surface area contributed by atoms with E-state index in [1.54, 1.807) is 18.3 Å². The molecule has 0 aromatic carbocycles. The smallest absolute Gasteiger partial charge is 0.260 e. The summed E-state index contributed by atoms with van der Waals surface area (Å²) < 4.78 is 1.65. The molecule has 0 bridgehead atoms. The van der Waals surface area contributed by atoms with Gasteiger partial charge in [-0.15, -0.1) is 0 Å². The summed E-state index contributed by atoms with van der Waals surface area (Å²) in [5.74, 6) is 0.795. The second kappa shape index (κ2) is 7.00. The minimum atomic E-state index is -0.256. The summed E-state index contributed by atoms with van der Waals surface area (Å²) >= 11 is 6.71. The zero-order valence-electron chi connectivity index (χ0n) is 11.6. The quantitative estimate of drug-likeness (QED) is 0.794. The highest BCUT2D eigenvalue weighted by Gasteiger charge is 2.14. The van der Waals surface area contributed by atoms with Crippen LogP contribution in [0.3, 0.4) is 0 Å². The number of carbonyl (C=O) groups excluding carboxylic acids is 1. The van der Waals surface area contributed by atoms with Crippen molar-refractivity contribution < 1.29 is 4.79 Å². The monoisotopic (exact) mass is 412 g/mol. The van der Waals surface area contributed by atoms with Gasteiger partial charge in [0.2, 0.25) is 0 Å². The summed E-state index contributed by atoms with van der Waals surface area (Å²) in [5, 5.41) is 5.85. The first-order valence-electron chi connectivity index (χ1n) is 6.35. The first kappa shape index (κ1) is 15.9. The lowest BCUT2D eigenvalue weighted by Gasteiger charge is -2.11. The topological polar surface area (TPSA) is 66.9 Å². The largest absolute Gasteiger partial charge is 0.370 e. The van der Waals surface area contributed by atoms with Crippen LogP contribution >= 0.6 is 31.9 Å². The normalized spacial score (nSPS) is 10.3. The average Bonchev–Trinajstić information content (AvgIpc) is 2.45. The molecule has 0 aliphatic heterocycles. The molecule has 0 radical (unpaired) electrons. The van der Waals surface area contributed by atoms with Gasteiger partial charge >= 0.3 is 0 Å². The lowest BCUT2D eigenvalue weighted by atomic mass is 10.2. The highest BCUT2D eigenvalue weighted by molar-refractivity contribution is 9.10. The maximum atomic E-state index is 12.4. The van der Waals surface area contributed by atoms with Crippen LogP contribution in [-0.2, 0) is 0 Å². The van der Waals surface area contributed by atoms with Crippen molar-refractivity contribution in [2.24, 2.45) is 0 Å². The Morgan fingerprint density at radius 2 is 2.10 bits per heavy atom. The molecule has 0 spiro atoms. The number of hydrogen-bond donors (Lipinski definition) is 2. The van der Waals surface area contributed by atoms with Gasteiger partial charge in [0.05, 0.1) is 11.3 Å². The van der Waals surface area contributed by atoms with Crippen molar-refractivity contribution in [2.75, 3.05) is 17.2 Å². The minimum absolute atomic E-state index is 0.256. The van der Waals surface area contributed by atoms with Crippen LogP contribution in [0.2, 0.25) is 0 Å². The first-order chi connectivity index (χ1) is 10.0. The minimum Gasteiger partial charge on any atom is -0.370 e. The van der Waals surface area contributed by atoms with E-state index in [0.717, 1.165) is 14.6 Å². The third-order valence-corrected chi connectivity index (χ3v) is 3.98. The molecule has 2 heterocycles. The van der Waals surface area contributed by atoms with E-state index >= 15 is 0 Å². The molecule has 0 fully saturated rings. The summed E-state index contributed by atoms with van der Waals surface area (Å²) in [6.07, 6.45) is 1.65. The number of anilines is 2. The number of pyridine rings is 2. The van der Waals surface area contributed by atoms with Gasteiger partial charge < -0.3 is 10.6 Å². The molecule has 0 aliphatic carbocycles. The third-order valence-electron chi connectivity index (χ3n) is 2.71. The van der Waals surface area contributed by atoms with E-state index in [2.05, 4.69) is 52.5 Å². The molecule has 110 valence electrons. The Morgan fingerprint density at radius 1 is 1.33 bits per heavy atom. The molecule has 21 heavy (non-hydrogen) atoms. The Bertz CT molecular complexity index is 676. The first-order valence-corrected chi connectivity index (χ1v) is 7.93. The highest BCUT2D eigenvalue weighted by Crippen LogP contribution is 2.20. The van der Waals surface area contributed by atoms with Crippen molar-refractivity contribution in [3.05, 3.63) is 44.6 Å². The van der Waals surface area contributed by atoms with E-state index in [0.29, 0.717) is 23.7 Å². The van der Waals surface area contributed by atoms with Crippen molar-refractivity contribution in [3.8, 4) is 0 Å². The number of rotatable bonds is 4. The van der Waals surface area contributed by atoms with Gasteiger partial charge in [0, 0.05) is 21.7 Å². The molecule has 0 saturated carbocycles. The summed E-state index contributed by atoms with van der Waals surface area (Å²) in [6, 6.07) is 5.32. The zero-order valence-corrected chi connectivity index (χ0v) is 14.7. The van der Waals surface area contributed by atoms with Crippen LogP contribution in [0, 0.1) is 6.92 Å². The molecule has 5 nitrogen and oxygen atoms in total. The summed E-state index contributed by atoms with van der Waals surface area (Å²) in [5.41, 5.74) is 1.28. The molecule has 2 aromatic rings. The molecule has 2 aromatic heterocycles. The van der Waals surface area contributed by atoms with E-state index < -0.39 is 0 Å². The molecule has 2 rings (SSSR count). The van der Waals surface area contributed by atoms with E-state index in [4.69, 9.17) is 0 Å². The van der Waals surface area contributed by atoms with Crippen molar-refractivity contribution in [1.29, 1.82) is 0 Å². The number of nitrogens with one attached hydrogen (secondary N) is 2. The molecule has 0 unspecified atom stereocenters. The van der Waals surface area contributed by atoms with Crippen LogP contribution in [0.5, 0.6) is 0 Å². The molecule has 0 aliphatic rings. The Balaban J connectivity index is 2.27. The SMILES string of the molecule is CCNc1ncc(Br)cc1C(=O)Nc1ccc(Br)c(C)n1.